The third kappa shape index (κ3) is 5.18. The lowest BCUT2D eigenvalue weighted by molar-refractivity contribution is 0.0937. The quantitative estimate of drug-likeness (QED) is 0.766. The summed E-state index contributed by atoms with van der Waals surface area (Å²) in [6.07, 6.45) is 2.19. The van der Waals surface area contributed by atoms with E-state index in [1.54, 1.807) is 0 Å². The van der Waals surface area contributed by atoms with Crippen molar-refractivity contribution in [2.24, 2.45) is 5.41 Å². The summed E-state index contributed by atoms with van der Waals surface area (Å²) >= 11 is 4.61. The second-order valence-electron chi connectivity index (χ2n) is 5.78. The molecule has 0 aliphatic rings. The van der Waals surface area contributed by atoms with Crippen molar-refractivity contribution in [2.75, 3.05) is 11.9 Å². The van der Waals surface area contributed by atoms with E-state index in [4.69, 9.17) is 0 Å². The highest BCUT2D eigenvalue weighted by Gasteiger charge is 2.22. The van der Waals surface area contributed by atoms with Gasteiger partial charge in [0, 0.05) is 11.9 Å². The third-order valence-electron chi connectivity index (χ3n) is 2.98. The lowest BCUT2D eigenvalue weighted by Gasteiger charge is -2.24. The summed E-state index contributed by atoms with van der Waals surface area (Å²) in [7, 11) is 0. The molecule has 19 heavy (non-hydrogen) atoms. The van der Waals surface area contributed by atoms with E-state index in [0.717, 1.165) is 23.9 Å². The number of hydrogen-bond acceptors (Lipinski definition) is 4. The monoisotopic (exact) mass is 347 g/mol. The molecule has 0 atom stereocenters. The first-order valence-corrected chi connectivity index (χ1v) is 8.43. The van der Waals surface area contributed by atoms with Gasteiger partial charge in [0.1, 0.15) is 4.88 Å². The van der Waals surface area contributed by atoms with Crippen molar-refractivity contribution in [3.05, 3.63) is 10.6 Å². The predicted molar refractivity (Wildman–Crippen MR) is 83.1 cm³/mol. The fourth-order valence-electron chi connectivity index (χ4n) is 1.77. The van der Waals surface area contributed by atoms with Gasteiger partial charge in [0.05, 0.1) is 5.69 Å². The average Bonchev–Trinajstić information content (AvgIpc) is 2.83. The first kappa shape index (κ1) is 16.6. The molecule has 1 N–H and O–H groups in total. The Morgan fingerprint density at radius 3 is 2.74 bits per heavy atom. The summed E-state index contributed by atoms with van der Waals surface area (Å²) in [5.74, 6) is 0.173. The first-order valence-electron chi connectivity index (χ1n) is 6.54. The van der Waals surface area contributed by atoms with Crippen LogP contribution in [0.1, 0.15) is 61.8 Å². The average molecular weight is 348 g/mol. The van der Waals surface area contributed by atoms with Crippen LogP contribution in [0.4, 0.5) is 0 Å². The molecule has 1 aromatic rings. The van der Waals surface area contributed by atoms with E-state index in [1.807, 2.05) is 13.8 Å². The van der Waals surface area contributed by atoms with Crippen LogP contribution in [-0.4, -0.2) is 27.4 Å². The molecule has 1 rings (SSSR count). The van der Waals surface area contributed by atoms with E-state index >= 15 is 0 Å². The molecule has 1 heterocycles. The number of amides is 1. The van der Waals surface area contributed by atoms with Crippen LogP contribution in [0, 0.1) is 5.41 Å². The molecule has 1 amide bonds. The minimum Gasteiger partial charge on any atom is -0.351 e. The number of alkyl halides is 1. The zero-order valence-electron chi connectivity index (χ0n) is 12.0. The molecule has 0 radical (unpaired) electrons. The molecule has 0 spiro atoms. The van der Waals surface area contributed by atoms with Crippen LogP contribution in [0.3, 0.4) is 0 Å². The second-order valence-corrected chi connectivity index (χ2v) is 7.33. The molecule has 0 unspecified atom stereocenters. The number of nitrogens with zero attached hydrogens (tertiary/aromatic N) is 2. The Balaban J connectivity index is 2.58. The van der Waals surface area contributed by atoms with Gasteiger partial charge in [-0.2, -0.15) is 0 Å². The van der Waals surface area contributed by atoms with Crippen LogP contribution in [0.25, 0.3) is 0 Å². The van der Waals surface area contributed by atoms with Crippen LogP contribution in [-0.2, 0) is 0 Å². The Morgan fingerprint density at radius 1 is 1.47 bits per heavy atom. The minimum absolute atomic E-state index is 0.0504. The van der Waals surface area contributed by atoms with E-state index in [1.165, 1.54) is 11.5 Å². The van der Waals surface area contributed by atoms with Gasteiger partial charge in [0.15, 0.2) is 0 Å². The van der Waals surface area contributed by atoms with Crippen LogP contribution >= 0.6 is 27.5 Å². The van der Waals surface area contributed by atoms with E-state index in [-0.39, 0.29) is 17.2 Å². The van der Waals surface area contributed by atoms with Gasteiger partial charge >= 0.3 is 0 Å². The van der Waals surface area contributed by atoms with Gasteiger partial charge < -0.3 is 5.32 Å². The summed E-state index contributed by atoms with van der Waals surface area (Å²) in [5, 5.41) is 8.04. The molecular formula is C13H22BrN3OS. The number of aromatic nitrogens is 2. The number of carbonyl (C=O) groups excluding carboxylic acids is 1. The van der Waals surface area contributed by atoms with Gasteiger partial charge in [-0.3, -0.25) is 4.79 Å². The predicted octanol–water partition coefficient (Wildman–Crippen LogP) is 3.59. The molecule has 0 fully saturated rings. The lowest BCUT2D eigenvalue weighted by Crippen LogP contribution is -2.34. The van der Waals surface area contributed by atoms with Crippen molar-refractivity contribution in [1.82, 2.24) is 14.9 Å². The van der Waals surface area contributed by atoms with Crippen molar-refractivity contribution in [2.45, 2.75) is 46.5 Å². The number of nitrogens with one attached hydrogen (secondary N) is 1. The molecule has 0 aliphatic carbocycles. The molecule has 108 valence electrons. The first-order chi connectivity index (χ1) is 8.87. The van der Waals surface area contributed by atoms with Crippen LogP contribution in [0.2, 0.25) is 0 Å². The summed E-state index contributed by atoms with van der Waals surface area (Å²) < 4.78 is 3.88. The molecular weight excluding hydrogens is 326 g/mol. The van der Waals surface area contributed by atoms with Gasteiger partial charge in [-0.05, 0) is 35.7 Å². The number of rotatable bonds is 7. The molecule has 0 saturated carbocycles. The van der Waals surface area contributed by atoms with E-state index in [2.05, 4.69) is 44.7 Å². The Labute approximate surface area is 127 Å². The Bertz CT molecular complexity index is 418. The minimum atomic E-state index is -0.0504. The maximum absolute atomic E-state index is 12.2. The Hall–Kier alpha value is -0.490. The van der Waals surface area contributed by atoms with Gasteiger partial charge in [0.2, 0.25) is 0 Å². The fourth-order valence-corrected chi connectivity index (χ4v) is 2.78. The highest BCUT2D eigenvalue weighted by molar-refractivity contribution is 9.09. The maximum atomic E-state index is 12.2. The zero-order chi connectivity index (χ0) is 14.5. The summed E-state index contributed by atoms with van der Waals surface area (Å²) in [5.41, 5.74) is 0.903. The fraction of sp³-hybridized carbons (Fsp3) is 0.769. The highest BCUT2D eigenvalue weighted by atomic mass is 79.9. The van der Waals surface area contributed by atoms with Crippen molar-refractivity contribution in [3.63, 3.8) is 0 Å². The highest BCUT2D eigenvalue weighted by Crippen LogP contribution is 2.23. The zero-order valence-corrected chi connectivity index (χ0v) is 14.4. The van der Waals surface area contributed by atoms with Crippen molar-refractivity contribution in [1.29, 1.82) is 0 Å². The lowest BCUT2D eigenvalue weighted by atomic mass is 9.88. The largest absolute Gasteiger partial charge is 0.351 e. The number of carbonyl (C=O) groups is 1. The van der Waals surface area contributed by atoms with Crippen molar-refractivity contribution < 1.29 is 4.79 Å². The van der Waals surface area contributed by atoms with Crippen LogP contribution in [0.5, 0.6) is 0 Å². The molecule has 0 bridgehead atoms. The number of halogens is 1. The Morgan fingerprint density at radius 2 is 2.16 bits per heavy atom. The van der Waals surface area contributed by atoms with Gasteiger partial charge in [-0.15, -0.1) is 5.10 Å². The Kier molecular flexibility index (Phi) is 6.39. The van der Waals surface area contributed by atoms with E-state index in [9.17, 15) is 4.79 Å². The molecule has 1 aromatic heterocycles. The SMILES string of the molecule is CC(C)c1nnsc1C(=O)NCC(C)(C)CCCBr. The molecule has 6 heteroatoms. The topological polar surface area (TPSA) is 54.9 Å². The summed E-state index contributed by atoms with van der Waals surface area (Å²) in [6.45, 7) is 9.06. The summed E-state index contributed by atoms with van der Waals surface area (Å²) in [6, 6.07) is 0. The van der Waals surface area contributed by atoms with E-state index in [0.29, 0.717) is 11.4 Å². The molecule has 0 aromatic carbocycles. The van der Waals surface area contributed by atoms with Gasteiger partial charge in [-0.25, -0.2) is 0 Å². The van der Waals surface area contributed by atoms with Gasteiger partial charge in [0.25, 0.3) is 5.91 Å². The number of hydrogen-bond donors (Lipinski definition) is 1. The van der Waals surface area contributed by atoms with E-state index < -0.39 is 0 Å². The standard InChI is InChI=1S/C13H22BrN3OS/c1-9(2)10-11(19-17-16-10)12(18)15-8-13(3,4)6-5-7-14/h9H,5-8H2,1-4H3,(H,15,18). The van der Waals surface area contributed by atoms with Crippen LogP contribution in [0.15, 0.2) is 0 Å². The molecule has 4 nitrogen and oxygen atoms in total. The normalized spacial score (nSPS) is 11.9. The van der Waals surface area contributed by atoms with Crippen molar-refractivity contribution in [3.8, 4) is 0 Å². The smallest absolute Gasteiger partial charge is 0.264 e. The van der Waals surface area contributed by atoms with Gasteiger partial charge in [-0.1, -0.05) is 48.1 Å². The molecule has 0 saturated heterocycles. The van der Waals surface area contributed by atoms with Crippen LogP contribution < -0.4 is 5.32 Å². The third-order valence-corrected chi connectivity index (χ3v) is 4.28. The second kappa shape index (κ2) is 7.33. The summed E-state index contributed by atoms with van der Waals surface area (Å²) in [4.78, 5) is 12.8. The maximum Gasteiger partial charge on any atom is 0.264 e. The molecule has 0 aliphatic heterocycles. The van der Waals surface area contributed by atoms with Crippen molar-refractivity contribution >= 4 is 33.4 Å².